The van der Waals surface area contributed by atoms with E-state index < -0.39 is 17.6 Å². The van der Waals surface area contributed by atoms with Crippen molar-refractivity contribution in [3.05, 3.63) is 52.8 Å². The maximum absolute atomic E-state index is 12.7. The fourth-order valence-electron chi connectivity index (χ4n) is 2.32. The molecule has 5 nitrogen and oxygen atoms in total. The van der Waals surface area contributed by atoms with Crippen LogP contribution in [0.25, 0.3) is 0 Å². The highest BCUT2D eigenvalue weighted by atomic mass is 19.4. The summed E-state index contributed by atoms with van der Waals surface area (Å²) >= 11 is 0. The van der Waals surface area contributed by atoms with Gasteiger partial charge in [-0.05, 0) is 18.2 Å². The Morgan fingerprint density at radius 1 is 1.27 bits per heavy atom. The number of rotatable bonds is 1. The third-order valence-electron chi connectivity index (χ3n) is 3.40. The number of anilines is 1. The number of nitrogen functional groups attached to an aromatic ring is 1. The van der Waals surface area contributed by atoms with Crippen molar-refractivity contribution in [1.29, 1.82) is 0 Å². The Balaban J connectivity index is 1.84. The lowest BCUT2D eigenvalue weighted by molar-refractivity contribution is -0.137. The van der Waals surface area contributed by atoms with Gasteiger partial charge in [-0.1, -0.05) is 6.07 Å². The summed E-state index contributed by atoms with van der Waals surface area (Å²) in [6.45, 7) is 0.460. The number of amides is 1. The predicted molar refractivity (Wildman–Crippen MR) is 71.5 cm³/mol. The van der Waals surface area contributed by atoms with Crippen molar-refractivity contribution >= 4 is 11.9 Å². The summed E-state index contributed by atoms with van der Waals surface area (Å²) < 4.78 is 38.1. The van der Waals surface area contributed by atoms with E-state index in [9.17, 15) is 18.0 Å². The molecule has 1 aliphatic heterocycles. The maximum Gasteiger partial charge on any atom is 0.416 e. The Kier molecular flexibility index (Phi) is 3.23. The van der Waals surface area contributed by atoms with Crippen LogP contribution < -0.4 is 5.73 Å². The third-order valence-corrected chi connectivity index (χ3v) is 3.40. The molecule has 1 aromatic heterocycles. The first-order chi connectivity index (χ1) is 10.3. The summed E-state index contributed by atoms with van der Waals surface area (Å²) in [6.07, 6.45) is -2.96. The van der Waals surface area contributed by atoms with E-state index in [1.165, 1.54) is 23.2 Å². The number of hydrogen-bond donors (Lipinski definition) is 1. The lowest BCUT2D eigenvalue weighted by Gasteiger charge is -2.16. The summed E-state index contributed by atoms with van der Waals surface area (Å²) in [7, 11) is 0. The summed E-state index contributed by atoms with van der Waals surface area (Å²) in [5, 5.41) is 0. The topological polar surface area (TPSA) is 72.1 Å². The minimum absolute atomic E-state index is 0.0106. The van der Waals surface area contributed by atoms with E-state index in [2.05, 4.69) is 9.97 Å². The van der Waals surface area contributed by atoms with Crippen molar-refractivity contribution < 1.29 is 18.0 Å². The van der Waals surface area contributed by atoms with Gasteiger partial charge in [-0.2, -0.15) is 13.2 Å². The number of fused-ring (bicyclic) bond motifs is 1. The van der Waals surface area contributed by atoms with Gasteiger partial charge >= 0.3 is 6.18 Å². The molecule has 2 heterocycles. The summed E-state index contributed by atoms with van der Waals surface area (Å²) in [5.41, 5.74) is 5.99. The minimum atomic E-state index is -4.48. The molecular weight excluding hydrogens is 297 g/mol. The molecule has 0 unspecified atom stereocenters. The number of carbonyl (C=O) groups is 1. The molecule has 1 amide bonds. The SMILES string of the molecule is Nc1ncc2c(n1)CN(C(=O)c1cccc(C(F)(F)F)c1)C2. The van der Waals surface area contributed by atoms with Crippen LogP contribution in [0.4, 0.5) is 19.1 Å². The largest absolute Gasteiger partial charge is 0.416 e. The van der Waals surface area contributed by atoms with E-state index >= 15 is 0 Å². The Labute approximate surface area is 123 Å². The summed E-state index contributed by atoms with van der Waals surface area (Å²) in [6, 6.07) is 4.37. The molecule has 1 aromatic carbocycles. The van der Waals surface area contributed by atoms with Crippen LogP contribution in [-0.4, -0.2) is 20.8 Å². The highest BCUT2D eigenvalue weighted by Gasteiger charge is 2.32. The van der Waals surface area contributed by atoms with E-state index in [-0.39, 0.29) is 24.6 Å². The molecule has 0 atom stereocenters. The third kappa shape index (κ3) is 2.59. The van der Waals surface area contributed by atoms with Gasteiger partial charge in [-0.25, -0.2) is 9.97 Å². The average molecular weight is 308 g/mol. The van der Waals surface area contributed by atoms with Crippen LogP contribution in [0, 0.1) is 0 Å². The van der Waals surface area contributed by atoms with Crippen molar-refractivity contribution in [2.45, 2.75) is 19.3 Å². The van der Waals surface area contributed by atoms with Gasteiger partial charge in [0, 0.05) is 23.9 Å². The monoisotopic (exact) mass is 308 g/mol. The van der Waals surface area contributed by atoms with E-state index in [0.29, 0.717) is 5.69 Å². The molecule has 1 aliphatic rings. The highest BCUT2D eigenvalue weighted by molar-refractivity contribution is 5.94. The smallest absolute Gasteiger partial charge is 0.368 e. The second kappa shape index (κ2) is 4.97. The van der Waals surface area contributed by atoms with E-state index in [0.717, 1.165) is 17.7 Å². The van der Waals surface area contributed by atoms with E-state index in [4.69, 9.17) is 5.73 Å². The molecule has 0 aliphatic carbocycles. The summed E-state index contributed by atoms with van der Waals surface area (Å²) in [4.78, 5) is 21.6. The first-order valence-electron chi connectivity index (χ1n) is 6.41. The molecule has 2 aromatic rings. The van der Waals surface area contributed by atoms with Gasteiger partial charge in [0.15, 0.2) is 0 Å². The molecule has 0 spiro atoms. The van der Waals surface area contributed by atoms with Crippen LogP contribution in [0.1, 0.15) is 27.2 Å². The number of benzene rings is 1. The van der Waals surface area contributed by atoms with Crippen molar-refractivity contribution in [3.8, 4) is 0 Å². The van der Waals surface area contributed by atoms with E-state index in [1.807, 2.05) is 0 Å². The average Bonchev–Trinajstić information content (AvgIpc) is 2.88. The second-order valence-electron chi connectivity index (χ2n) is 4.94. The predicted octanol–water partition coefficient (Wildman–Crippen LogP) is 2.23. The van der Waals surface area contributed by atoms with Crippen molar-refractivity contribution in [1.82, 2.24) is 14.9 Å². The van der Waals surface area contributed by atoms with Gasteiger partial charge < -0.3 is 10.6 Å². The fourth-order valence-corrected chi connectivity index (χ4v) is 2.32. The van der Waals surface area contributed by atoms with Crippen LogP contribution >= 0.6 is 0 Å². The number of nitrogens with two attached hydrogens (primary N) is 1. The molecule has 0 fully saturated rings. The lowest BCUT2D eigenvalue weighted by Crippen LogP contribution is -2.25. The lowest BCUT2D eigenvalue weighted by atomic mass is 10.1. The van der Waals surface area contributed by atoms with E-state index in [1.54, 1.807) is 0 Å². The maximum atomic E-state index is 12.7. The van der Waals surface area contributed by atoms with Crippen LogP contribution in [-0.2, 0) is 19.3 Å². The van der Waals surface area contributed by atoms with Gasteiger partial charge in [0.2, 0.25) is 5.95 Å². The first-order valence-corrected chi connectivity index (χ1v) is 6.41. The molecule has 0 saturated heterocycles. The highest BCUT2D eigenvalue weighted by Crippen LogP contribution is 2.30. The molecule has 0 radical (unpaired) electrons. The zero-order chi connectivity index (χ0) is 15.9. The van der Waals surface area contributed by atoms with Crippen LogP contribution in [0.15, 0.2) is 30.5 Å². The van der Waals surface area contributed by atoms with Crippen molar-refractivity contribution in [2.24, 2.45) is 0 Å². The number of alkyl halides is 3. The Morgan fingerprint density at radius 3 is 2.77 bits per heavy atom. The zero-order valence-electron chi connectivity index (χ0n) is 11.3. The number of hydrogen-bond acceptors (Lipinski definition) is 4. The molecule has 8 heteroatoms. The first kappa shape index (κ1) is 14.3. The van der Waals surface area contributed by atoms with Gasteiger partial charge in [0.25, 0.3) is 5.91 Å². The van der Waals surface area contributed by atoms with Gasteiger partial charge in [-0.15, -0.1) is 0 Å². The fraction of sp³-hybridized carbons (Fsp3) is 0.214. The number of nitrogens with zero attached hydrogens (tertiary/aromatic N) is 3. The van der Waals surface area contributed by atoms with Gasteiger partial charge in [-0.3, -0.25) is 4.79 Å². The van der Waals surface area contributed by atoms with Gasteiger partial charge in [0.05, 0.1) is 17.8 Å². The quantitative estimate of drug-likeness (QED) is 0.877. The summed E-state index contributed by atoms with van der Waals surface area (Å²) in [5.74, 6) is -0.380. The molecule has 114 valence electrons. The number of carbonyl (C=O) groups excluding carboxylic acids is 1. The molecule has 3 rings (SSSR count). The van der Waals surface area contributed by atoms with Crippen LogP contribution in [0.5, 0.6) is 0 Å². The van der Waals surface area contributed by atoms with Crippen LogP contribution in [0.3, 0.4) is 0 Å². The molecular formula is C14H11F3N4O. The molecule has 0 bridgehead atoms. The number of aromatic nitrogens is 2. The Bertz CT molecular complexity index is 745. The second-order valence-corrected chi connectivity index (χ2v) is 4.94. The van der Waals surface area contributed by atoms with Crippen molar-refractivity contribution in [2.75, 3.05) is 5.73 Å². The van der Waals surface area contributed by atoms with Gasteiger partial charge in [0.1, 0.15) is 0 Å². The Hall–Kier alpha value is -2.64. The number of halogens is 3. The Morgan fingerprint density at radius 2 is 2.05 bits per heavy atom. The standard InChI is InChI=1S/C14H11F3N4O/c15-14(16,17)10-3-1-2-8(4-10)12(22)21-6-9-5-19-13(18)20-11(9)7-21/h1-5H,6-7H2,(H2,18,19,20). The van der Waals surface area contributed by atoms with Crippen molar-refractivity contribution in [3.63, 3.8) is 0 Å². The minimum Gasteiger partial charge on any atom is -0.368 e. The zero-order valence-corrected chi connectivity index (χ0v) is 11.3. The molecule has 22 heavy (non-hydrogen) atoms. The van der Waals surface area contributed by atoms with Crippen LogP contribution in [0.2, 0.25) is 0 Å². The normalized spacial score (nSPS) is 14.0. The molecule has 0 saturated carbocycles. The molecule has 2 N–H and O–H groups in total.